The molecular formula is C16H28O2. The van der Waals surface area contributed by atoms with Crippen molar-refractivity contribution < 1.29 is 9.53 Å². The van der Waals surface area contributed by atoms with Gasteiger partial charge in [0.2, 0.25) is 0 Å². The zero-order valence-corrected chi connectivity index (χ0v) is 11.9. The van der Waals surface area contributed by atoms with E-state index in [2.05, 4.69) is 13.5 Å². The fourth-order valence-corrected chi connectivity index (χ4v) is 3.02. The highest BCUT2D eigenvalue weighted by atomic mass is 16.6. The van der Waals surface area contributed by atoms with Crippen LogP contribution >= 0.6 is 0 Å². The van der Waals surface area contributed by atoms with E-state index in [0.717, 1.165) is 25.7 Å². The van der Waals surface area contributed by atoms with E-state index in [9.17, 15) is 4.79 Å². The molecule has 0 aromatic carbocycles. The summed E-state index contributed by atoms with van der Waals surface area (Å²) in [5, 5.41) is 0. The second-order valence-corrected chi connectivity index (χ2v) is 5.53. The number of carbonyl (C=O) groups excluding carboxylic acids is 1. The second-order valence-electron chi connectivity index (χ2n) is 5.53. The highest BCUT2D eigenvalue weighted by Gasteiger charge is 2.32. The van der Waals surface area contributed by atoms with Gasteiger partial charge in [-0.25, -0.2) is 4.79 Å². The first-order valence-corrected chi connectivity index (χ1v) is 7.58. The number of rotatable bonds is 4. The summed E-state index contributed by atoms with van der Waals surface area (Å²) in [6.07, 6.45) is 14.4. The quantitative estimate of drug-likeness (QED) is 0.531. The van der Waals surface area contributed by atoms with Crippen LogP contribution in [0.4, 0.5) is 0 Å². The molecule has 0 spiro atoms. The summed E-state index contributed by atoms with van der Waals surface area (Å²) in [4.78, 5) is 11.6. The fourth-order valence-electron chi connectivity index (χ4n) is 3.02. The van der Waals surface area contributed by atoms with Crippen molar-refractivity contribution in [3.63, 3.8) is 0 Å². The van der Waals surface area contributed by atoms with Gasteiger partial charge in [-0.3, -0.25) is 0 Å². The van der Waals surface area contributed by atoms with E-state index in [1.807, 2.05) is 0 Å². The molecule has 1 fully saturated rings. The van der Waals surface area contributed by atoms with Crippen LogP contribution in [-0.4, -0.2) is 11.6 Å². The summed E-state index contributed by atoms with van der Waals surface area (Å²) in [5.74, 6) is -0.250. The van der Waals surface area contributed by atoms with Crippen LogP contribution in [0.3, 0.4) is 0 Å². The molecule has 0 atom stereocenters. The third-order valence-electron chi connectivity index (χ3n) is 3.95. The third kappa shape index (κ3) is 5.24. The molecule has 0 radical (unpaired) electrons. The van der Waals surface area contributed by atoms with E-state index in [0.29, 0.717) is 0 Å². The van der Waals surface area contributed by atoms with Crippen LogP contribution in [0, 0.1) is 0 Å². The molecule has 2 nitrogen and oxygen atoms in total. The largest absolute Gasteiger partial charge is 0.456 e. The van der Waals surface area contributed by atoms with E-state index < -0.39 is 0 Å². The van der Waals surface area contributed by atoms with Crippen LogP contribution in [-0.2, 0) is 9.53 Å². The topological polar surface area (TPSA) is 26.3 Å². The molecule has 1 aliphatic rings. The van der Waals surface area contributed by atoms with Gasteiger partial charge in [-0.1, -0.05) is 52.0 Å². The lowest BCUT2D eigenvalue weighted by atomic mass is 9.84. The lowest BCUT2D eigenvalue weighted by Crippen LogP contribution is -2.35. The number of esters is 1. The van der Waals surface area contributed by atoms with Gasteiger partial charge < -0.3 is 4.74 Å². The minimum absolute atomic E-state index is 0.211. The summed E-state index contributed by atoms with van der Waals surface area (Å²) in [6, 6.07) is 0. The molecule has 1 aliphatic carbocycles. The van der Waals surface area contributed by atoms with Crippen molar-refractivity contribution in [2.75, 3.05) is 0 Å². The van der Waals surface area contributed by atoms with Gasteiger partial charge in [-0.05, 0) is 32.1 Å². The van der Waals surface area contributed by atoms with Crippen molar-refractivity contribution in [3.05, 3.63) is 12.7 Å². The van der Waals surface area contributed by atoms with Crippen molar-refractivity contribution in [3.8, 4) is 0 Å². The lowest BCUT2D eigenvalue weighted by molar-refractivity contribution is -0.156. The van der Waals surface area contributed by atoms with Crippen molar-refractivity contribution in [2.45, 2.75) is 83.2 Å². The van der Waals surface area contributed by atoms with Crippen LogP contribution in [0.25, 0.3) is 0 Å². The van der Waals surface area contributed by atoms with Crippen molar-refractivity contribution in [2.24, 2.45) is 0 Å². The van der Waals surface area contributed by atoms with E-state index in [1.54, 1.807) is 0 Å². The maximum Gasteiger partial charge on any atom is 0.330 e. The summed E-state index contributed by atoms with van der Waals surface area (Å²) in [7, 11) is 0. The highest BCUT2D eigenvalue weighted by molar-refractivity contribution is 5.81. The molecule has 1 rings (SSSR count). The van der Waals surface area contributed by atoms with Gasteiger partial charge in [0.05, 0.1) is 0 Å². The Kier molecular flexibility index (Phi) is 7.07. The van der Waals surface area contributed by atoms with Crippen molar-refractivity contribution in [1.82, 2.24) is 0 Å². The summed E-state index contributed by atoms with van der Waals surface area (Å²) < 4.78 is 5.74. The minimum atomic E-state index is -0.250. The van der Waals surface area contributed by atoms with Crippen LogP contribution in [0.1, 0.15) is 77.6 Å². The summed E-state index contributed by atoms with van der Waals surface area (Å²) >= 11 is 0. The lowest BCUT2D eigenvalue weighted by Gasteiger charge is -2.34. The first kappa shape index (κ1) is 15.3. The van der Waals surface area contributed by atoms with E-state index in [-0.39, 0.29) is 11.6 Å². The Balaban J connectivity index is 2.67. The SMILES string of the molecule is C=CC(=O)OC1(CCC)CCCCCCCCC1. The Morgan fingerprint density at radius 1 is 1.11 bits per heavy atom. The molecule has 104 valence electrons. The Morgan fingerprint density at radius 2 is 1.61 bits per heavy atom. The normalized spacial score (nSPS) is 20.9. The van der Waals surface area contributed by atoms with Gasteiger partial charge in [-0.15, -0.1) is 0 Å². The maximum absolute atomic E-state index is 11.6. The van der Waals surface area contributed by atoms with E-state index in [4.69, 9.17) is 4.74 Å². The molecule has 0 N–H and O–H groups in total. The Labute approximate surface area is 112 Å². The van der Waals surface area contributed by atoms with E-state index in [1.165, 1.54) is 51.0 Å². The first-order chi connectivity index (χ1) is 8.72. The molecule has 0 saturated heterocycles. The van der Waals surface area contributed by atoms with Gasteiger partial charge in [0.1, 0.15) is 5.60 Å². The van der Waals surface area contributed by atoms with Crippen molar-refractivity contribution >= 4 is 5.97 Å². The van der Waals surface area contributed by atoms with E-state index >= 15 is 0 Å². The van der Waals surface area contributed by atoms with Gasteiger partial charge in [-0.2, -0.15) is 0 Å². The van der Waals surface area contributed by atoms with Crippen molar-refractivity contribution in [1.29, 1.82) is 0 Å². The second kappa shape index (κ2) is 8.34. The van der Waals surface area contributed by atoms with Crippen LogP contribution in [0.2, 0.25) is 0 Å². The molecule has 0 heterocycles. The fraction of sp³-hybridized carbons (Fsp3) is 0.812. The summed E-state index contributed by atoms with van der Waals surface area (Å²) in [5.41, 5.74) is -0.211. The van der Waals surface area contributed by atoms with Gasteiger partial charge in [0.15, 0.2) is 0 Å². The molecule has 2 heteroatoms. The molecule has 0 unspecified atom stereocenters. The minimum Gasteiger partial charge on any atom is -0.456 e. The molecule has 0 bridgehead atoms. The number of ether oxygens (including phenoxy) is 1. The first-order valence-electron chi connectivity index (χ1n) is 7.58. The monoisotopic (exact) mass is 252 g/mol. The zero-order chi connectivity index (χ0) is 13.3. The Morgan fingerprint density at radius 3 is 2.06 bits per heavy atom. The number of carbonyl (C=O) groups is 1. The Bertz CT molecular complexity index is 248. The molecular weight excluding hydrogens is 224 g/mol. The van der Waals surface area contributed by atoms with Gasteiger partial charge >= 0.3 is 5.97 Å². The summed E-state index contributed by atoms with van der Waals surface area (Å²) in [6.45, 7) is 5.69. The highest BCUT2D eigenvalue weighted by Crippen LogP contribution is 2.33. The van der Waals surface area contributed by atoms with Gasteiger partial charge in [0, 0.05) is 6.08 Å². The molecule has 1 saturated carbocycles. The predicted octanol–water partition coefficient (Wildman–Crippen LogP) is 4.78. The zero-order valence-electron chi connectivity index (χ0n) is 11.9. The third-order valence-corrected chi connectivity index (χ3v) is 3.95. The van der Waals surface area contributed by atoms with Gasteiger partial charge in [0.25, 0.3) is 0 Å². The molecule has 0 aromatic rings. The molecule has 0 aliphatic heterocycles. The average Bonchev–Trinajstić information content (AvgIpc) is 2.37. The predicted molar refractivity (Wildman–Crippen MR) is 75.5 cm³/mol. The average molecular weight is 252 g/mol. The van der Waals surface area contributed by atoms with Crippen LogP contribution < -0.4 is 0 Å². The smallest absolute Gasteiger partial charge is 0.330 e. The molecule has 0 aromatic heterocycles. The number of hydrogen-bond acceptors (Lipinski definition) is 2. The standard InChI is InChI=1S/C16H28O2/c1-3-12-16(18-15(17)4-2)13-10-8-6-5-7-9-11-14-16/h4H,2-3,5-14H2,1H3. The molecule has 0 amide bonds. The Hall–Kier alpha value is -0.790. The molecule has 18 heavy (non-hydrogen) atoms. The maximum atomic E-state index is 11.6. The van der Waals surface area contributed by atoms with Crippen LogP contribution in [0.5, 0.6) is 0 Å². The van der Waals surface area contributed by atoms with Crippen LogP contribution in [0.15, 0.2) is 12.7 Å². The number of hydrogen-bond donors (Lipinski definition) is 0.